The summed E-state index contributed by atoms with van der Waals surface area (Å²) in [7, 11) is -3.97. The lowest BCUT2D eigenvalue weighted by atomic mass is 10.0. The number of benzene rings is 2. The Morgan fingerprint density at radius 3 is 2.75 bits per heavy atom. The van der Waals surface area contributed by atoms with Crippen molar-refractivity contribution in [3.8, 4) is 5.75 Å². The molecule has 3 aromatic rings. The third-order valence-electron chi connectivity index (χ3n) is 5.12. The SMILES string of the molecule is CCn1cc(S(=O)(=O)N2CCOc3ccc(C=C(C)c4c(F)cccc4Cl)cc32)c(Cl)n1. The summed E-state index contributed by atoms with van der Waals surface area (Å²) in [6.45, 7) is 4.39. The minimum absolute atomic E-state index is 0.0656. The van der Waals surface area contributed by atoms with Crippen molar-refractivity contribution in [1.29, 1.82) is 0 Å². The van der Waals surface area contributed by atoms with E-state index in [1.165, 1.54) is 21.3 Å². The molecule has 32 heavy (non-hydrogen) atoms. The first-order valence-electron chi connectivity index (χ1n) is 9.87. The molecule has 0 bridgehead atoms. The Kier molecular flexibility index (Phi) is 6.20. The van der Waals surface area contributed by atoms with E-state index in [1.807, 2.05) is 6.92 Å². The zero-order valence-corrected chi connectivity index (χ0v) is 19.7. The lowest BCUT2D eigenvalue weighted by molar-refractivity contribution is 0.316. The number of hydrogen-bond donors (Lipinski definition) is 0. The normalized spacial score (nSPS) is 14.3. The van der Waals surface area contributed by atoms with Crippen LogP contribution in [0.5, 0.6) is 5.75 Å². The second kappa shape index (κ2) is 8.77. The Labute approximate surface area is 195 Å². The topological polar surface area (TPSA) is 64.4 Å². The Morgan fingerprint density at radius 2 is 2.06 bits per heavy atom. The molecule has 0 radical (unpaired) electrons. The summed E-state index contributed by atoms with van der Waals surface area (Å²) in [4.78, 5) is -0.0656. The number of allylic oxidation sites excluding steroid dienone is 1. The quantitative estimate of drug-likeness (QED) is 0.438. The van der Waals surface area contributed by atoms with Gasteiger partial charge in [0.05, 0.1) is 17.3 Å². The van der Waals surface area contributed by atoms with Gasteiger partial charge in [0, 0.05) is 18.3 Å². The van der Waals surface area contributed by atoms with Gasteiger partial charge >= 0.3 is 0 Å². The Balaban J connectivity index is 1.77. The lowest BCUT2D eigenvalue weighted by Crippen LogP contribution is -2.38. The van der Waals surface area contributed by atoms with Gasteiger partial charge in [-0.2, -0.15) is 5.10 Å². The smallest absolute Gasteiger partial charge is 0.269 e. The van der Waals surface area contributed by atoms with Crippen molar-refractivity contribution in [3.63, 3.8) is 0 Å². The highest BCUT2D eigenvalue weighted by atomic mass is 35.5. The second-order valence-corrected chi connectivity index (χ2v) is 9.81. The van der Waals surface area contributed by atoms with Gasteiger partial charge in [-0.1, -0.05) is 41.4 Å². The minimum Gasteiger partial charge on any atom is -0.489 e. The molecule has 0 aliphatic carbocycles. The van der Waals surface area contributed by atoms with Gasteiger partial charge in [0.2, 0.25) is 0 Å². The molecule has 10 heteroatoms. The third-order valence-corrected chi connectivity index (χ3v) is 7.64. The summed E-state index contributed by atoms with van der Waals surface area (Å²) in [5, 5.41) is 4.26. The van der Waals surface area contributed by atoms with E-state index in [0.717, 1.165) is 0 Å². The Hall–Kier alpha value is -2.55. The van der Waals surface area contributed by atoms with Crippen LogP contribution >= 0.6 is 23.2 Å². The maximum absolute atomic E-state index is 14.3. The standard InChI is InChI=1S/C22H20Cl2FN3O3S/c1-3-27-13-20(22(24)26-27)32(29,30)28-9-10-31-19-8-7-15(12-18(19)28)11-14(2)21-16(23)5-4-6-17(21)25/h4-8,11-13H,3,9-10H2,1-2H3. The van der Waals surface area contributed by atoms with Gasteiger partial charge in [0.25, 0.3) is 10.0 Å². The molecule has 0 N–H and O–H groups in total. The van der Waals surface area contributed by atoms with Gasteiger partial charge < -0.3 is 4.74 Å². The summed E-state index contributed by atoms with van der Waals surface area (Å²) < 4.78 is 49.5. The molecular formula is C22H20Cl2FN3O3S. The maximum Gasteiger partial charge on any atom is 0.269 e. The molecule has 4 rings (SSSR count). The van der Waals surface area contributed by atoms with Crippen molar-refractivity contribution in [1.82, 2.24) is 9.78 Å². The predicted molar refractivity (Wildman–Crippen MR) is 124 cm³/mol. The van der Waals surface area contributed by atoms with Crippen LogP contribution in [0.15, 0.2) is 47.5 Å². The molecule has 0 saturated carbocycles. The molecule has 0 amide bonds. The molecule has 0 saturated heterocycles. The number of aryl methyl sites for hydroxylation is 1. The summed E-state index contributed by atoms with van der Waals surface area (Å²) in [6, 6.07) is 9.65. The molecular weight excluding hydrogens is 476 g/mol. The minimum atomic E-state index is -3.97. The van der Waals surface area contributed by atoms with Gasteiger partial charge in [-0.05, 0) is 49.2 Å². The highest BCUT2D eigenvalue weighted by Crippen LogP contribution is 2.38. The van der Waals surface area contributed by atoms with Gasteiger partial charge in [-0.3, -0.25) is 8.99 Å². The van der Waals surface area contributed by atoms with E-state index in [-0.39, 0.29) is 23.2 Å². The van der Waals surface area contributed by atoms with Crippen molar-refractivity contribution in [2.45, 2.75) is 25.3 Å². The van der Waals surface area contributed by atoms with E-state index in [1.54, 1.807) is 43.3 Å². The van der Waals surface area contributed by atoms with Gasteiger partial charge in [-0.25, -0.2) is 12.8 Å². The fourth-order valence-electron chi connectivity index (χ4n) is 3.58. The average molecular weight is 496 g/mol. The van der Waals surface area contributed by atoms with Crippen LogP contribution in [0.1, 0.15) is 25.0 Å². The first-order valence-corrected chi connectivity index (χ1v) is 12.1. The van der Waals surface area contributed by atoms with E-state index in [9.17, 15) is 12.8 Å². The van der Waals surface area contributed by atoms with Crippen molar-refractivity contribution < 1.29 is 17.5 Å². The number of hydrogen-bond acceptors (Lipinski definition) is 4. The van der Waals surface area contributed by atoms with Crippen molar-refractivity contribution in [2.24, 2.45) is 0 Å². The number of anilines is 1. The zero-order valence-electron chi connectivity index (χ0n) is 17.3. The number of nitrogens with zero attached hydrogens (tertiary/aromatic N) is 3. The first kappa shape index (κ1) is 22.6. The van der Waals surface area contributed by atoms with Crippen LogP contribution in [0.2, 0.25) is 10.2 Å². The summed E-state index contributed by atoms with van der Waals surface area (Å²) in [6.07, 6.45) is 3.16. The average Bonchev–Trinajstić information content (AvgIpc) is 3.14. The number of aromatic nitrogens is 2. The molecule has 168 valence electrons. The van der Waals surface area contributed by atoms with Crippen molar-refractivity contribution >= 4 is 50.6 Å². The van der Waals surface area contributed by atoms with Crippen LogP contribution in [0, 0.1) is 5.82 Å². The molecule has 1 aliphatic rings. The number of ether oxygens (including phenoxy) is 1. The Bertz CT molecular complexity index is 1300. The number of halogens is 3. The predicted octanol–water partition coefficient (Wildman–Crippen LogP) is 5.50. The molecule has 0 unspecified atom stereocenters. The third kappa shape index (κ3) is 4.10. The fourth-order valence-corrected chi connectivity index (χ4v) is 5.79. The number of fused-ring (bicyclic) bond motifs is 1. The van der Waals surface area contributed by atoms with E-state index in [4.69, 9.17) is 27.9 Å². The highest BCUT2D eigenvalue weighted by Gasteiger charge is 2.33. The Morgan fingerprint density at radius 1 is 1.28 bits per heavy atom. The van der Waals surface area contributed by atoms with Crippen LogP contribution < -0.4 is 9.04 Å². The van der Waals surface area contributed by atoms with Crippen LogP contribution in [0.4, 0.5) is 10.1 Å². The lowest BCUT2D eigenvalue weighted by Gasteiger charge is -2.30. The van der Waals surface area contributed by atoms with Gasteiger partial charge in [0.15, 0.2) is 5.15 Å². The summed E-state index contributed by atoms with van der Waals surface area (Å²) in [5.74, 6) is -0.00289. The van der Waals surface area contributed by atoms with Crippen LogP contribution in [-0.4, -0.2) is 31.3 Å². The molecule has 6 nitrogen and oxygen atoms in total. The molecule has 0 atom stereocenters. The summed E-state index contributed by atoms with van der Waals surface area (Å²) >= 11 is 12.3. The summed E-state index contributed by atoms with van der Waals surface area (Å²) in [5.41, 5.74) is 1.94. The van der Waals surface area contributed by atoms with Gasteiger partial charge in [0.1, 0.15) is 23.1 Å². The van der Waals surface area contributed by atoms with E-state index in [0.29, 0.717) is 39.7 Å². The first-order chi connectivity index (χ1) is 15.2. The van der Waals surface area contributed by atoms with E-state index < -0.39 is 15.8 Å². The highest BCUT2D eigenvalue weighted by molar-refractivity contribution is 7.93. The van der Waals surface area contributed by atoms with Gasteiger partial charge in [-0.15, -0.1) is 0 Å². The monoisotopic (exact) mass is 495 g/mol. The van der Waals surface area contributed by atoms with Crippen LogP contribution in [0.25, 0.3) is 11.6 Å². The van der Waals surface area contributed by atoms with E-state index in [2.05, 4.69) is 5.10 Å². The maximum atomic E-state index is 14.3. The molecule has 1 aromatic heterocycles. The fraction of sp³-hybridized carbons (Fsp3) is 0.227. The van der Waals surface area contributed by atoms with Crippen LogP contribution in [0.3, 0.4) is 0 Å². The molecule has 0 fully saturated rings. The molecule has 2 heterocycles. The number of sulfonamides is 1. The largest absolute Gasteiger partial charge is 0.489 e. The molecule has 0 spiro atoms. The molecule has 2 aromatic carbocycles. The van der Waals surface area contributed by atoms with Crippen molar-refractivity contribution in [2.75, 3.05) is 17.5 Å². The zero-order chi connectivity index (χ0) is 23.0. The second-order valence-electron chi connectivity index (χ2n) is 7.22. The number of rotatable bonds is 5. The van der Waals surface area contributed by atoms with Crippen LogP contribution in [-0.2, 0) is 16.6 Å². The molecule has 1 aliphatic heterocycles. The van der Waals surface area contributed by atoms with E-state index >= 15 is 0 Å². The van der Waals surface area contributed by atoms with Crippen molar-refractivity contribution in [3.05, 3.63) is 69.7 Å².